The molecular weight excluding hydrogens is 653 g/mol. The number of ether oxygens (including phenoxy) is 2. The lowest BCUT2D eigenvalue weighted by molar-refractivity contribution is -0.0298. The van der Waals surface area contributed by atoms with Crippen LogP contribution < -0.4 is 15.1 Å². The summed E-state index contributed by atoms with van der Waals surface area (Å²) >= 11 is 0. The van der Waals surface area contributed by atoms with Gasteiger partial charge in [0.05, 0.1) is 25.9 Å². The Kier molecular flexibility index (Phi) is 14.9. The summed E-state index contributed by atoms with van der Waals surface area (Å²) in [5, 5.41) is 14.2. The molecule has 5 atom stereocenters. The van der Waals surface area contributed by atoms with Crippen LogP contribution in [0.3, 0.4) is 0 Å². The molecule has 0 aliphatic heterocycles. The van der Waals surface area contributed by atoms with E-state index in [1.54, 1.807) is 7.11 Å². The van der Waals surface area contributed by atoms with E-state index >= 15 is 0 Å². The molecule has 0 bridgehead atoms. The fraction of sp³-hybridized carbons (Fsp3) is 0.535. The predicted octanol–water partition coefficient (Wildman–Crippen LogP) is 9.39. The Balaban J connectivity index is 1.84. The van der Waals surface area contributed by atoms with Gasteiger partial charge in [0.2, 0.25) is 0 Å². The highest BCUT2D eigenvalue weighted by atomic mass is 28.4. The van der Waals surface area contributed by atoms with Crippen LogP contribution in [0.5, 0.6) is 5.75 Å². The van der Waals surface area contributed by atoms with Crippen LogP contribution in [0.2, 0.25) is 23.2 Å². The van der Waals surface area contributed by atoms with Gasteiger partial charge >= 0.3 is 0 Å². The molecule has 50 heavy (non-hydrogen) atoms. The molecule has 0 aliphatic carbocycles. The van der Waals surface area contributed by atoms with Crippen LogP contribution in [-0.4, -0.2) is 54.3 Å². The largest absolute Gasteiger partial charge is 0.497 e. The Morgan fingerprint density at radius 3 is 1.68 bits per heavy atom. The predicted molar refractivity (Wildman–Crippen MR) is 216 cm³/mol. The van der Waals surface area contributed by atoms with E-state index in [-0.39, 0.29) is 33.9 Å². The second-order valence-electron chi connectivity index (χ2n) is 16.8. The summed E-state index contributed by atoms with van der Waals surface area (Å²) in [5.41, 5.74) is 2.03. The Morgan fingerprint density at radius 2 is 1.22 bits per heavy atom. The Bertz CT molecular complexity index is 1420. The third-order valence-corrected chi connectivity index (χ3v) is 20.2. The Hall–Kier alpha value is -2.53. The summed E-state index contributed by atoms with van der Waals surface area (Å²) in [6.45, 7) is 28.4. The first kappa shape index (κ1) is 41.9. The van der Waals surface area contributed by atoms with Crippen LogP contribution >= 0.6 is 0 Å². The van der Waals surface area contributed by atoms with Gasteiger partial charge in [0.15, 0.2) is 8.32 Å². The average Bonchev–Trinajstić information content (AvgIpc) is 3.07. The minimum Gasteiger partial charge on any atom is -0.497 e. The van der Waals surface area contributed by atoms with Gasteiger partial charge in [-0.25, -0.2) is 0 Å². The average molecular weight is 719 g/mol. The van der Waals surface area contributed by atoms with Crippen molar-refractivity contribution in [2.24, 2.45) is 17.8 Å². The molecule has 0 heterocycles. The molecule has 3 rings (SSSR count). The normalized spacial score (nSPS) is 16.4. The molecule has 3 aromatic carbocycles. The van der Waals surface area contributed by atoms with Crippen LogP contribution in [-0.2, 0) is 20.2 Å². The Labute approximate surface area is 306 Å². The van der Waals surface area contributed by atoms with Gasteiger partial charge in [-0.2, -0.15) is 0 Å². The van der Waals surface area contributed by atoms with Crippen LogP contribution in [0.25, 0.3) is 0 Å². The smallest absolute Gasteiger partial charge is 0.261 e. The quantitative estimate of drug-likeness (QED) is 0.111. The number of hydrogen-bond donors (Lipinski definition) is 1. The number of aliphatic hydroxyl groups excluding tert-OH is 1. The number of benzene rings is 3. The summed E-state index contributed by atoms with van der Waals surface area (Å²) in [5.74, 6) is 0.911. The standard InChI is InChI=1S/C43H66O5Si2/c1-32(40(44)34(3)29-48-50(43(8,9)10,38-20-16-14-17-21-38)39-22-18-15-19-23-39)28-33(2)41(35(4)30-47-49(12,13)42(5,6)7)46-31-36-24-26-37(45-11)27-25-36/h14-28,33-35,40-41,44H,29-31H2,1-13H3/b32-28+/t33-,34+,35-,40?,41-/m1/s1. The summed E-state index contributed by atoms with van der Waals surface area (Å²) in [7, 11) is -2.97. The lowest BCUT2D eigenvalue weighted by Gasteiger charge is -2.43. The van der Waals surface area contributed by atoms with Gasteiger partial charge in [0.25, 0.3) is 8.32 Å². The van der Waals surface area contributed by atoms with Crippen LogP contribution in [0.1, 0.15) is 74.8 Å². The summed E-state index contributed by atoms with van der Waals surface area (Å²) in [4.78, 5) is 0. The zero-order chi connectivity index (χ0) is 37.3. The monoisotopic (exact) mass is 718 g/mol. The van der Waals surface area contributed by atoms with Gasteiger partial charge < -0.3 is 23.4 Å². The van der Waals surface area contributed by atoms with Crippen molar-refractivity contribution in [1.82, 2.24) is 0 Å². The first-order chi connectivity index (χ1) is 23.3. The maximum atomic E-state index is 11.7. The number of hydrogen-bond acceptors (Lipinski definition) is 5. The highest BCUT2D eigenvalue weighted by Crippen LogP contribution is 2.38. The zero-order valence-corrected chi connectivity index (χ0v) is 35.2. The molecule has 276 valence electrons. The lowest BCUT2D eigenvalue weighted by atomic mass is 9.89. The first-order valence-electron chi connectivity index (χ1n) is 18.3. The van der Waals surface area contributed by atoms with Gasteiger partial charge in [-0.3, -0.25) is 0 Å². The minimum atomic E-state index is -2.71. The first-order valence-corrected chi connectivity index (χ1v) is 23.2. The molecule has 0 aromatic heterocycles. The third kappa shape index (κ3) is 10.5. The molecule has 0 saturated carbocycles. The van der Waals surface area contributed by atoms with Crippen LogP contribution in [0.15, 0.2) is 96.6 Å². The fourth-order valence-electron chi connectivity index (χ4n) is 6.57. The van der Waals surface area contributed by atoms with Crippen molar-refractivity contribution in [1.29, 1.82) is 0 Å². The summed E-state index contributed by atoms with van der Waals surface area (Å²) in [6, 6.07) is 29.4. The second-order valence-corrected chi connectivity index (χ2v) is 26.0. The number of methoxy groups -OCH3 is 1. The molecule has 5 nitrogen and oxygen atoms in total. The van der Waals surface area contributed by atoms with Crippen molar-refractivity contribution in [2.45, 2.75) is 111 Å². The van der Waals surface area contributed by atoms with Crippen molar-refractivity contribution in [2.75, 3.05) is 20.3 Å². The van der Waals surface area contributed by atoms with E-state index in [1.165, 1.54) is 10.4 Å². The van der Waals surface area contributed by atoms with Gasteiger partial charge in [0.1, 0.15) is 5.75 Å². The molecule has 0 fully saturated rings. The molecule has 1 N–H and O–H groups in total. The van der Waals surface area contributed by atoms with E-state index in [1.807, 2.05) is 19.1 Å². The zero-order valence-electron chi connectivity index (χ0n) is 33.2. The summed E-state index contributed by atoms with van der Waals surface area (Å²) < 4.78 is 25.9. The van der Waals surface area contributed by atoms with Crippen molar-refractivity contribution in [3.8, 4) is 5.75 Å². The molecular formula is C43H66O5Si2. The highest BCUT2D eigenvalue weighted by Gasteiger charge is 2.50. The van der Waals surface area contributed by atoms with Crippen LogP contribution in [0.4, 0.5) is 0 Å². The second kappa shape index (κ2) is 17.8. The van der Waals surface area contributed by atoms with Crippen molar-refractivity contribution < 1.29 is 23.4 Å². The van der Waals surface area contributed by atoms with E-state index in [4.69, 9.17) is 18.3 Å². The van der Waals surface area contributed by atoms with Gasteiger partial charge in [-0.05, 0) is 63.7 Å². The molecule has 3 aromatic rings. The van der Waals surface area contributed by atoms with Gasteiger partial charge in [-0.15, -0.1) is 0 Å². The van der Waals surface area contributed by atoms with Gasteiger partial charge in [0, 0.05) is 31.0 Å². The van der Waals surface area contributed by atoms with E-state index in [2.05, 4.69) is 154 Å². The van der Waals surface area contributed by atoms with Gasteiger partial charge in [-0.1, -0.05) is 141 Å². The summed E-state index contributed by atoms with van der Waals surface area (Å²) in [6.07, 6.45) is 1.44. The molecule has 0 amide bonds. The molecule has 0 aliphatic rings. The molecule has 0 saturated heterocycles. The topological polar surface area (TPSA) is 57.2 Å². The van der Waals surface area contributed by atoms with E-state index in [9.17, 15) is 5.11 Å². The molecule has 0 radical (unpaired) electrons. The number of aliphatic hydroxyl groups is 1. The minimum absolute atomic E-state index is 0.0470. The van der Waals surface area contributed by atoms with E-state index in [0.717, 1.165) is 16.9 Å². The SMILES string of the molecule is COc1ccc(CO[C@H]([C@H](C)/C=C(\C)C(O)[C@@H](C)CO[Si](c2ccccc2)(c2ccccc2)C(C)(C)C)[C@H](C)CO[Si](C)(C)C(C)(C)C)cc1. The van der Waals surface area contributed by atoms with E-state index in [0.29, 0.717) is 19.8 Å². The maximum Gasteiger partial charge on any atom is 0.261 e. The highest BCUT2D eigenvalue weighted by molar-refractivity contribution is 6.99. The Morgan fingerprint density at radius 1 is 0.720 bits per heavy atom. The fourth-order valence-corrected chi connectivity index (χ4v) is 12.3. The van der Waals surface area contributed by atoms with Crippen LogP contribution in [0, 0.1) is 17.8 Å². The molecule has 0 spiro atoms. The molecule has 1 unspecified atom stereocenters. The number of rotatable bonds is 17. The molecule has 7 heteroatoms. The van der Waals surface area contributed by atoms with Crippen molar-refractivity contribution >= 4 is 27.0 Å². The van der Waals surface area contributed by atoms with Crippen molar-refractivity contribution in [3.63, 3.8) is 0 Å². The lowest BCUT2D eigenvalue weighted by Crippen LogP contribution is -2.67. The van der Waals surface area contributed by atoms with E-state index < -0.39 is 22.7 Å². The van der Waals surface area contributed by atoms with Crippen molar-refractivity contribution in [3.05, 3.63) is 102 Å². The third-order valence-electron chi connectivity index (χ3n) is 10.7. The maximum absolute atomic E-state index is 11.7.